The van der Waals surface area contributed by atoms with Crippen LogP contribution in [0.3, 0.4) is 0 Å². The van der Waals surface area contributed by atoms with Crippen molar-refractivity contribution >= 4 is 5.95 Å². The molecule has 0 aromatic carbocycles. The van der Waals surface area contributed by atoms with E-state index in [1.807, 2.05) is 0 Å². The van der Waals surface area contributed by atoms with Crippen LogP contribution in [-0.4, -0.2) is 14.9 Å². The fourth-order valence-corrected chi connectivity index (χ4v) is 0.465. The van der Waals surface area contributed by atoms with Crippen molar-refractivity contribution in [1.82, 2.24) is 14.9 Å². The minimum atomic E-state index is -2.74. The van der Waals surface area contributed by atoms with Gasteiger partial charge < -0.3 is 11.6 Å². The van der Waals surface area contributed by atoms with E-state index in [9.17, 15) is 8.78 Å². The van der Waals surface area contributed by atoms with Crippen LogP contribution in [0.5, 0.6) is 0 Å². The molecule has 0 amide bonds. The SMILES string of the molecule is Nc1nnc(C(F)F)n1N. The van der Waals surface area contributed by atoms with Crippen molar-refractivity contribution in [3.8, 4) is 0 Å². The monoisotopic (exact) mass is 149 g/mol. The third kappa shape index (κ3) is 0.850. The number of nitrogens with two attached hydrogens (primary N) is 2. The number of hydrogen-bond donors (Lipinski definition) is 2. The van der Waals surface area contributed by atoms with Crippen molar-refractivity contribution in [2.24, 2.45) is 0 Å². The second-order valence-electron chi connectivity index (χ2n) is 1.59. The van der Waals surface area contributed by atoms with Gasteiger partial charge in [0.1, 0.15) is 0 Å². The van der Waals surface area contributed by atoms with E-state index >= 15 is 0 Å². The van der Waals surface area contributed by atoms with Crippen molar-refractivity contribution in [2.75, 3.05) is 11.6 Å². The largest absolute Gasteiger partial charge is 0.366 e. The normalized spacial score (nSPS) is 10.7. The molecule has 56 valence electrons. The minimum Gasteiger partial charge on any atom is -0.366 e. The first-order valence-corrected chi connectivity index (χ1v) is 2.37. The van der Waals surface area contributed by atoms with Crippen LogP contribution >= 0.6 is 0 Å². The average molecular weight is 149 g/mol. The molecule has 0 aliphatic carbocycles. The Kier molecular flexibility index (Phi) is 1.40. The van der Waals surface area contributed by atoms with Crippen LogP contribution in [0, 0.1) is 0 Å². The first kappa shape index (κ1) is 6.72. The number of rotatable bonds is 1. The standard InChI is InChI=1S/C3H5F2N5/c4-1(5)2-8-9-3(6)10(2)7/h1H,7H2,(H2,6,9). The highest BCUT2D eigenvalue weighted by molar-refractivity contribution is 5.17. The van der Waals surface area contributed by atoms with Gasteiger partial charge in [-0.2, -0.15) is 0 Å². The molecule has 4 N–H and O–H groups in total. The summed E-state index contributed by atoms with van der Waals surface area (Å²) in [5.41, 5.74) is 5.01. The molecular weight excluding hydrogens is 144 g/mol. The molecule has 0 atom stereocenters. The predicted molar refractivity (Wildman–Crippen MR) is 29.5 cm³/mol. The maximum Gasteiger partial charge on any atom is 0.299 e. The average Bonchev–Trinajstić information content (AvgIpc) is 2.14. The summed E-state index contributed by atoms with van der Waals surface area (Å²) >= 11 is 0. The predicted octanol–water partition coefficient (Wildman–Crippen LogP) is -0.488. The highest BCUT2D eigenvalue weighted by Gasteiger charge is 2.16. The summed E-state index contributed by atoms with van der Waals surface area (Å²) in [5.74, 6) is 4.14. The highest BCUT2D eigenvalue weighted by Crippen LogP contribution is 2.15. The number of alkyl halides is 2. The number of hydrogen-bond acceptors (Lipinski definition) is 4. The summed E-state index contributed by atoms with van der Waals surface area (Å²) in [5, 5.41) is 6.15. The molecule has 0 unspecified atom stereocenters. The Morgan fingerprint density at radius 3 is 2.20 bits per heavy atom. The van der Waals surface area contributed by atoms with Crippen LogP contribution in [0.4, 0.5) is 14.7 Å². The molecule has 1 aromatic rings. The molecule has 5 nitrogen and oxygen atoms in total. The van der Waals surface area contributed by atoms with Crippen LogP contribution in [0.1, 0.15) is 12.2 Å². The number of anilines is 1. The number of nitrogen functional groups attached to an aromatic ring is 2. The summed E-state index contributed by atoms with van der Waals surface area (Å²) in [6, 6.07) is 0. The third-order valence-corrected chi connectivity index (χ3v) is 0.944. The van der Waals surface area contributed by atoms with Gasteiger partial charge in [0.05, 0.1) is 0 Å². The second kappa shape index (κ2) is 2.09. The molecule has 0 aliphatic heterocycles. The fraction of sp³-hybridized carbons (Fsp3) is 0.333. The quantitative estimate of drug-likeness (QED) is 0.528. The van der Waals surface area contributed by atoms with Crippen LogP contribution in [0.25, 0.3) is 0 Å². The van der Waals surface area contributed by atoms with Crippen LogP contribution < -0.4 is 11.6 Å². The first-order valence-electron chi connectivity index (χ1n) is 2.37. The zero-order valence-electron chi connectivity index (χ0n) is 4.83. The maximum atomic E-state index is 11.8. The van der Waals surface area contributed by atoms with Crippen molar-refractivity contribution in [3.63, 3.8) is 0 Å². The van der Waals surface area contributed by atoms with Crippen molar-refractivity contribution in [1.29, 1.82) is 0 Å². The lowest BCUT2D eigenvalue weighted by molar-refractivity contribution is 0.137. The Balaban J connectivity index is 3.05. The second-order valence-corrected chi connectivity index (χ2v) is 1.59. The van der Waals surface area contributed by atoms with E-state index < -0.39 is 12.2 Å². The fourth-order valence-electron chi connectivity index (χ4n) is 0.465. The Morgan fingerprint density at radius 1 is 1.40 bits per heavy atom. The van der Waals surface area contributed by atoms with Crippen LogP contribution in [-0.2, 0) is 0 Å². The summed E-state index contributed by atoms with van der Waals surface area (Å²) in [6.07, 6.45) is -2.74. The molecule has 10 heavy (non-hydrogen) atoms. The van der Waals surface area contributed by atoms with Gasteiger partial charge in [0, 0.05) is 0 Å². The van der Waals surface area contributed by atoms with Crippen LogP contribution in [0.2, 0.25) is 0 Å². The molecule has 0 aliphatic rings. The van der Waals surface area contributed by atoms with Gasteiger partial charge in [-0.15, -0.1) is 10.2 Å². The smallest absolute Gasteiger partial charge is 0.299 e. The molecule has 1 heterocycles. The lowest BCUT2D eigenvalue weighted by atomic mass is 10.6. The first-order chi connectivity index (χ1) is 4.63. The van der Waals surface area contributed by atoms with Gasteiger partial charge in [-0.3, -0.25) is 0 Å². The molecular formula is C3H5F2N5. The lowest BCUT2D eigenvalue weighted by Crippen LogP contribution is -2.15. The van der Waals surface area contributed by atoms with Crippen molar-refractivity contribution in [2.45, 2.75) is 6.43 Å². The number of halogens is 2. The summed E-state index contributed by atoms with van der Waals surface area (Å²) in [4.78, 5) is 0. The van der Waals surface area contributed by atoms with Gasteiger partial charge >= 0.3 is 0 Å². The van der Waals surface area contributed by atoms with Gasteiger partial charge in [0.15, 0.2) is 0 Å². The van der Waals surface area contributed by atoms with Gasteiger partial charge in [0.25, 0.3) is 6.43 Å². The number of nitrogens with zero attached hydrogens (tertiary/aromatic N) is 3. The molecule has 0 bridgehead atoms. The van der Waals surface area contributed by atoms with E-state index in [4.69, 9.17) is 11.6 Å². The molecule has 0 saturated heterocycles. The van der Waals surface area contributed by atoms with Gasteiger partial charge in [-0.05, 0) is 0 Å². The van der Waals surface area contributed by atoms with E-state index in [1.165, 1.54) is 0 Å². The van der Waals surface area contributed by atoms with Gasteiger partial charge in [0.2, 0.25) is 11.8 Å². The molecule has 0 spiro atoms. The molecule has 1 rings (SSSR count). The lowest BCUT2D eigenvalue weighted by Gasteiger charge is -1.96. The summed E-state index contributed by atoms with van der Waals surface area (Å²) in [6.45, 7) is 0. The van der Waals surface area contributed by atoms with E-state index in [-0.39, 0.29) is 5.95 Å². The van der Waals surface area contributed by atoms with Gasteiger partial charge in [-0.1, -0.05) is 0 Å². The third-order valence-electron chi connectivity index (χ3n) is 0.944. The Morgan fingerprint density at radius 2 is 2.00 bits per heavy atom. The Labute approximate surface area is 54.6 Å². The van der Waals surface area contributed by atoms with Gasteiger partial charge in [-0.25, -0.2) is 13.5 Å². The van der Waals surface area contributed by atoms with E-state index in [2.05, 4.69) is 10.2 Å². The number of aromatic nitrogens is 3. The minimum absolute atomic E-state index is 0.227. The Bertz CT molecular complexity index is 231. The van der Waals surface area contributed by atoms with Crippen LogP contribution in [0.15, 0.2) is 0 Å². The topological polar surface area (TPSA) is 82.8 Å². The summed E-state index contributed by atoms with van der Waals surface area (Å²) < 4.78 is 24.1. The zero-order valence-corrected chi connectivity index (χ0v) is 4.83. The van der Waals surface area contributed by atoms with E-state index in [1.54, 1.807) is 0 Å². The van der Waals surface area contributed by atoms with E-state index in [0.717, 1.165) is 0 Å². The molecule has 0 saturated carbocycles. The molecule has 0 radical (unpaired) electrons. The maximum absolute atomic E-state index is 11.8. The Hall–Kier alpha value is -1.40. The van der Waals surface area contributed by atoms with E-state index in [0.29, 0.717) is 4.68 Å². The van der Waals surface area contributed by atoms with Crippen molar-refractivity contribution in [3.05, 3.63) is 5.82 Å². The molecule has 1 aromatic heterocycles. The molecule has 7 heteroatoms. The zero-order chi connectivity index (χ0) is 7.72. The molecule has 0 fully saturated rings. The van der Waals surface area contributed by atoms with Crippen molar-refractivity contribution < 1.29 is 8.78 Å². The highest BCUT2D eigenvalue weighted by atomic mass is 19.3. The summed E-state index contributed by atoms with van der Waals surface area (Å²) in [7, 11) is 0.